The minimum Gasteiger partial charge on any atom is -0.492 e. The van der Waals surface area contributed by atoms with E-state index in [0.29, 0.717) is 26.1 Å². The number of morpholine rings is 1. The van der Waals surface area contributed by atoms with E-state index in [2.05, 4.69) is 15.3 Å². The molecule has 3 rings (SSSR count). The minimum atomic E-state index is 0.0155. The normalized spacial score (nSPS) is 14.9. The molecule has 0 bridgehead atoms. The monoisotopic (exact) mass is 372 g/mol. The number of aryl methyl sites for hydroxylation is 2. The lowest BCUT2D eigenvalue weighted by Gasteiger charge is -2.26. The van der Waals surface area contributed by atoms with Gasteiger partial charge in [-0.3, -0.25) is 14.4 Å². The SMILES string of the molecule is Cc1cnn(CCC(=O)NCc2cccc(OCCN3CCOCC3)c2)c1. The highest BCUT2D eigenvalue weighted by Crippen LogP contribution is 2.13. The van der Waals surface area contributed by atoms with Gasteiger partial charge < -0.3 is 14.8 Å². The maximum absolute atomic E-state index is 12.0. The second-order valence-corrected chi connectivity index (χ2v) is 6.76. The summed E-state index contributed by atoms with van der Waals surface area (Å²) < 4.78 is 13.0. The van der Waals surface area contributed by atoms with Crippen molar-refractivity contribution in [1.82, 2.24) is 20.0 Å². The van der Waals surface area contributed by atoms with E-state index in [4.69, 9.17) is 9.47 Å². The molecule has 1 aliphatic rings. The molecule has 7 nitrogen and oxygen atoms in total. The Balaban J connectivity index is 1.37. The number of carbonyl (C=O) groups excluding carboxylic acids is 1. The Kier molecular flexibility index (Phi) is 7.24. The second-order valence-electron chi connectivity index (χ2n) is 6.76. The molecule has 1 amide bonds. The van der Waals surface area contributed by atoms with E-state index < -0.39 is 0 Å². The summed E-state index contributed by atoms with van der Waals surface area (Å²) in [6.45, 7) is 8.16. The number of ether oxygens (including phenoxy) is 2. The topological polar surface area (TPSA) is 68.6 Å². The zero-order chi connectivity index (χ0) is 18.9. The molecule has 2 heterocycles. The standard InChI is InChI=1S/C20H28N4O3/c1-17-14-22-24(16-17)6-5-20(25)21-15-18-3-2-4-19(13-18)27-12-9-23-7-10-26-11-8-23/h2-4,13-14,16H,5-12,15H2,1H3,(H,21,25). The Morgan fingerprint density at radius 3 is 2.93 bits per heavy atom. The van der Waals surface area contributed by atoms with Gasteiger partial charge in [0.1, 0.15) is 12.4 Å². The average molecular weight is 372 g/mol. The van der Waals surface area contributed by atoms with Gasteiger partial charge >= 0.3 is 0 Å². The molecule has 1 aromatic heterocycles. The van der Waals surface area contributed by atoms with Crippen LogP contribution < -0.4 is 10.1 Å². The summed E-state index contributed by atoms with van der Waals surface area (Å²) in [5, 5.41) is 7.14. The highest BCUT2D eigenvalue weighted by Gasteiger charge is 2.10. The quantitative estimate of drug-likeness (QED) is 0.724. The average Bonchev–Trinajstić information content (AvgIpc) is 3.11. The van der Waals surface area contributed by atoms with Gasteiger partial charge in [-0.2, -0.15) is 5.10 Å². The van der Waals surface area contributed by atoms with Crippen molar-refractivity contribution >= 4 is 5.91 Å². The molecule has 1 fully saturated rings. The van der Waals surface area contributed by atoms with Gasteiger partial charge in [-0.05, 0) is 30.2 Å². The molecule has 0 atom stereocenters. The Morgan fingerprint density at radius 2 is 2.15 bits per heavy atom. The fourth-order valence-electron chi connectivity index (χ4n) is 2.96. The maximum atomic E-state index is 12.0. The maximum Gasteiger partial charge on any atom is 0.222 e. The van der Waals surface area contributed by atoms with Crippen molar-refractivity contribution in [2.45, 2.75) is 26.4 Å². The molecule has 1 saturated heterocycles. The zero-order valence-corrected chi connectivity index (χ0v) is 15.9. The highest BCUT2D eigenvalue weighted by atomic mass is 16.5. The van der Waals surface area contributed by atoms with Gasteiger partial charge in [0.2, 0.25) is 5.91 Å². The van der Waals surface area contributed by atoms with Gasteiger partial charge in [0, 0.05) is 45.3 Å². The summed E-state index contributed by atoms with van der Waals surface area (Å²) in [6, 6.07) is 7.88. The van der Waals surface area contributed by atoms with E-state index in [1.807, 2.05) is 37.4 Å². The first-order chi connectivity index (χ1) is 13.2. The van der Waals surface area contributed by atoms with Crippen molar-refractivity contribution in [2.24, 2.45) is 0 Å². The van der Waals surface area contributed by atoms with Crippen LogP contribution in [0.15, 0.2) is 36.7 Å². The van der Waals surface area contributed by atoms with E-state index >= 15 is 0 Å². The number of hydrogen-bond acceptors (Lipinski definition) is 5. The number of benzene rings is 1. The lowest BCUT2D eigenvalue weighted by atomic mass is 10.2. The Labute approximate surface area is 160 Å². The van der Waals surface area contributed by atoms with Crippen LogP contribution in [0.3, 0.4) is 0 Å². The summed E-state index contributed by atoms with van der Waals surface area (Å²) in [5.74, 6) is 0.851. The Hall–Kier alpha value is -2.38. The van der Waals surface area contributed by atoms with E-state index in [1.165, 1.54) is 0 Å². The fraction of sp³-hybridized carbons (Fsp3) is 0.500. The number of amides is 1. The number of hydrogen-bond donors (Lipinski definition) is 1. The van der Waals surface area contributed by atoms with E-state index in [9.17, 15) is 4.79 Å². The molecule has 1 N–H and O–H groups in total. The van der Waals surface area contributed by atoms with Crippen LogP contribution in [0, 0.1) is 6.92 Å². The number of aromatic nitrogens is 2. The molecule has 7 heteroatoms. The lowest BCUT2D eigenvalue weighted by molar-refractivity contribution is -0.121. The van der Waals surface area contributed by atoms with Crippen LogP contribution in [0.4, 0.5) is 0 Å². The van der Waals surface area contributed by atoms with Crippen LogP contribution >= 0.6 is 0 Å². The lowest BCUT2D eigenvalue weighted by Crippen LogP contribution is -2.38. The van der Waals surface area contributed by atoms with Crippen LogP contribution in [0.5, 0.6) is 5.75 Å². The first-order valence-electron chi connectivity index (χ1n) is 9.46. The molecule has 146 valence electrons. The fourth-order valence-corrected chi connectivity index (χ4v) is 2.96. The smallest absolute Gasteiger partial charge is 0.222 e. The van der Waals surface area contributed by atoms with Crippen molar-refractivity contribution < 1.29 is 14.3 Å². The largest absolute Gasteiger partial charge is 0.492 e. The highest BCUT2D eigenvalue weighted by molar-refractivity contribution is 5.75. The first kappa shape index (κ1) is 19.4. The zero-order valence-electron chi connectivity index (χ0n) is 15.9. The van der Waals surface area contributed by atoms with Crippen LogP contribution in [-0.2, 0) is 22.6 Å². The molecule has 0 aliphatic carbocycles. The summed E-state index contributed by atoms with van der Waals surface area (Å²) >= 11 is 0. The molecule has 2 aromatic rings. The molecule has 0 radical (unpaired) electrons. The summed E-state index contributed by atoms with van der Waals surface area (Å²) in [4.78, 5) is 14.4. The molecule has 1 aromatic carbocycles. The van der Waals surface area contributed by atoms with Crippen LogP contribution in [0.25, 0.3) is 0 Å². The summed E-state index contributed by atoms with van der Waals surface area (Å²) in [6.07, 6.45) is 4.14. The molecular weight excluding hydrogens is 344 g/mol. The van der Waals surface area contributed by atoms with Crippen molar-refractivity contribution in [3.05, 3.63) is 47.8 Å². The van der Waals surface area contributed by atoms with Crippen molar-refractivity contribution in [1.29, 1.82) is 0 Å². The van der Waals surface area contributed by atoms with Crippen molar-refractivity contribution in [3.63, 3.8) is 0 Å². The van der Waals surface area contributed by atoms with Crippen molar-refractivity contribution in [3.8, 4) is 5.75 Å². The number of nitrogens with one attached hydrogen (secondary N) is 1. The van der Waals surface area contributed by atoms with Gasteiger partial charge in [-0.1, -0.05) is 12.1 Å². The molecule has 0 saturated carbocycles. The van der Waals surface area contributed by atoms with Gasteiger partial charge in [0.15, 0.2) is 0 Å². The summed E-state index contributed by atoms with van der Waals surface area (Å²) in [7, 11) is 0. The third-order valence-corrected chi connectivity index (χ3v) is 4.50. The number of rotatable bonds is 9. The first-order valence-corrected chi connectivity index (χ1v) is 9.46. The number of carbonyl (C=O) groups is 1. The van der Waals surface area contributed by atoms with E-state index in [0.717, 1.165) is 49.7 Å². The van der Waals surface area contributed by atoms with Gasteiger partial charge in [-0.15, -0.1) is 0 Å². The van der Waals surface area contributed by atoms with Crippen LogP contribution in [-0.4, -0.2) is 60.0 Å². The van der Waals surface area contributed by atoms with Gasteiger partial charge in [-0.25, -0.2) is 0 Å². The summed E-state index contributed by atoms with van der Waals surface area (Å²) in [5.41, 5.74) is 2.13. The molecule has 27 heavy (non-hydrogen) atoms. The third kappa shape index (κ3) is 6.69. The molecular formula is C20H28N4O3. The Morgan fingerprint density at radius 1 is 1.30 bits per heavy atom. The van der Waals surface area contributed by atoms with Crippen LogP contribution in [0.2, 0.25) is 0 Å². The van der Waals surface area contributed by atoms with Crippen LogP contribution in [0.1, 0.15) is 17.5 Å². The number of nitrogens with zero attached hydrogens (tertiary/aromatic N) is 3. The molecule has 0 unspecified atom stereocenters. The second kappa shape index (κ2) is 10.1. The van der Waals surface area contributed by atoms with E-state index in [1.54, 1.807) is 10.9 Å². The molecule has 0 spiro atoms. The Bertz CT molecular complexity index is 726. The van der Waals surface area contributed by atoms with E-state index in [-0.39, 0.29) is 5.91 Å². The van der Waals surface area contributed by atoms with Gasteiger partial charge in [0.25, 0.3) is 0 Å². The third-order valence-electron chi connectivity index (χ3n) is 4.50. The minimum absolute atomic E-state index is 0.0155. The molecule has 1 aliphatic heterocycles. The van der Waals surface area contributed by atoms with Gasteiger partial charge in [0.05, 0.1) is 19.4 Å². The van der Waals surface area contributed by atoms with Crippen molar-refractivity contribution in [2.75, 3.05) is 39.5 Å². The predicted molar refractivity (Wildman–Crippen MR) is 103 cm³/mol. The predicted octanol–water partition coefficient (Wildman–Crippen LogP) is 1.61.